The molecule has 3 unspecified atom stereocenters. The van der Waals surface area contributed by atoms with Gasteiger partial charge in [-0.25, -0.2) is 0 Å². The van der Waals surface area contributed by atoms with Gasteiger partial charge in [-0.1, -0.05) is 13.3 Å². The van der Waals surface area contributed by atoms with E-state index >= 15 is 0 Å². The molecule has 2 N–H and O–H groups in total. The Bertz CT molecular complexity index is 295. The molecule has 1 saturated heterocycles. The Morgan fingerprint density at radius 2 is 2.11 bits per heavy atom. The summed E-state index contributed by atoms with van der Waals surface area (Å²) in [7, 11) is 1.91. The molecular formula is C14H27N3O. The Hall–Kier alpha value is -0.610. The topological polar surface area (TPSA) is 49.6 Å². The Kier molecular flexibility index (Phi) is 4.62. The number of carbonyl (C=O) groups excluding carboxylic acids is 1. The SMILES string of the molecule is CC1CCC(CN)C(N2CCCN(C)C(=O)C2)C1. The summed E-state index contributed by atoms with van der Waals surface area (Å²) in [5, 5.41) is 0. The van der Waals surface area contributed by atoms with Gasteiger partial charge in [0.25, 0.3) is 0 Å². The molecule has 0 aromatic rings. The highest BCUT2D eigenvalue weighted by Crippen LogP contribution is 2.32. The molecule has 4 nitrogen and oxygen atoms in total. The van der Waals surface area contributed by atoms with Gasteiger partial charge in [-0.2, -0.15) is 0 Å². The molecule has 0 spiro atoms. The highest BCUT2D eigenvalue weighted by atomic mass is 16.2. The molecule has 0 bridgehead atoms. The zero-order valence-electron chi connectivity index (χ0n) is 11.8. The number of hydrogen-bond acceptors (Lipinski definition) is 3. The molecule has 1 aliphatic heterocycles. The molecule has 1 saturated carbocycles. The summed E-state index contributed by atoms with van der Waals surface area (Å²) in [6.07, 6.45) is 4.81. The first-order chi connectivity index (χ1) is 8.61. The molecule has 4 heteroatoms. The van der Waals surface area contributed by atoms with Gasteiger partial charge in [0.15, 0.2) is 0 Å². The van der Waals surface area contributed by atoms with E-state index in [4.69, 9.17) is 5.73 Å². The fourth-order valence-electron chi connectivity index (χ4n) is 3.43. The van der Waals surface area contributed by atoms with E-state index in [-0.39, 0.29) is 5.91 Å². The van der Waals surface area contributed by atoms with Crippen molar-refractivity contribution in [2.45, 2.75) is 38.6 Å². The average Bonchev–Trinajstić information content (AvgIpc) is 2.52. The first kappa shape index (κ1) is 13.8. The summed E-state index contributed by atoms with van der Waals surface area (Å²) in [5.41, 5.74) is 5.92. The maximum absolute atomic E-state index is 12.0. The minimum Gasteiger partial charge on any atom is -0.345 e. The smallest absolute Gasteiger partial charge is 0.236 e. The first-order valence-corrected chi connectivity index (χ1v) is 7.30. The molecule has 3 atom stereocenters. The van der Waals surface area contributed by atoms with Crippen molar-refractivity contribution >= 4 is 5.91 Å². The van der Waals surface area contributed by atoms with Gasteiger partial charge in [0.2, 0.25) is 5.91 Å². The normalized spacial score (nSPS) is 35.6. The van der Waals surface area contributed by atoms with Gasteiger partial charge in [-0.15, -0.1) is 0 Å². The number of hydrogen-bond donors (Lipinski definition) is 1. The van der Waals surface area contributed by atoms with Gasteiger partial charge >= 0.3 is 0 Å². The number of carbonyl (C=O) groups is 1. The molecule has 1 aliphatic carbocycles. The van der Waals surface area contributed by atoms with Crippen LogP contribution in [-0.4, -0.2) is 55.0 Å². The van der Waals surface area contributed by atoms with Gasteiger partial charge in [0, 0.05) is 26.2 Å². The molecule has 1 heterocycles. The van der Waals surface area contributed by atoms with Crippen molar-refractivity contribution in [3.8, 4) is 0 Å². The van der Waals surface area contributed by atoms with Crippen LogP contribution in [0.15, 0.2) is 0 Å². The molecule has 2 rings (SSSR count). The third-order valence-electron chi connectivity index (χ3n) is 4.69. The number of rotatable bonds is 2. The zero-order valence-corrected chi connectivity index (χ0v) is 11.8. The Balaban J connectivity index is 2.05. The predicted octanol–water partition coefficient (Wildman–Crippen LogP) is 0.914. The molecule has 2 fully saturated rings. The van der Waals surface area contributed by atoms with Crippen LogP contribution in [0.25, 0.3) is 0 Å². The summed E-state index contributed by atoms with van der Waals surface area (Å²) in [6, 6.07) is 0.522. The van der Waals surface area contributed by atoms with Crippen molar-refractivity contribution in [2.24, 2.45) is 17.6 Å². The van der Waals surface area contributed by atoms with E-state index in [0.29, 0.717) is 18.5 Å². The van der Waals surface area contributed by atoms with E-state index in [1.807, 2.05) is 11.9 Å². The van der Waals surface area contributed by atoms with E-state index in [0.717, 1.165) is 32.0 Å². The second-order valence-corrected chi connectivity index (χ2v) is 6.12. The summed E-state index contributed by atoms with van der Waals surface area (Å²) >= 11 is 0. The summed E-state index contributed by atoms with van der Waals surface area (Å²) in [6.45, 7) is 5.61. The number of amides is 1. The lowest BCUT2D eigenvalue weighted by Crippen LogP contribution is -2.48. The van der Waals surface area contributed by atoms with Crippen LogP contribution in [-0.2, 0) is 4.79 Å². The number of likely N-dealkylation sites (N-methyl/N-ethyl adjacent to an activating group) is 1. The molecule has 0 aromatic carbocycles. The molecular weight excluding hydrogens is 226 g/mol. The van der Waals surface area contributed by atoms with Gasteiger partial charge in [-0.3, -0.25) is 9.69 Å². The largest absolute Gasteiger partial charge is 0.345 e. The van der Waals surface area contributed by atoms with E-state index < -0.39 is 0 Å². The minimum absolute atomic E-state index is 0.265. The quantitative estimate of drug-likeness (QED) is 0.796. The van der Waals surface area contributed by atoms with Crippen LogP contribution in [0.2, 0.25) is 0 Å². The lowest BCUT2D eigenvalue weighted by Gasteiger charge is -2.41. The summed E-state index contributed by atoms with van der Waals surface area (Å²) in [5.74, 6) is 1.62. The molecule has 1 amide bonds. The van der Waals surface area contributed by atoms with Crippen molar-refractivity contribution in [3.63, 3.8) is 0 Å². The molecule has 104 valence electrons. The second kappa shape index (κ2) is 6.02. The van der Waals surface area contributed by atoms with Crippen molar-refractivity contribution in [1.82, 2.24) is 9.80 Å². The Morgan fingerprint density at radius 3 is 2.83 bits per heavy atom. The van der Waals surface area contributed by atoms with E-state index in [1.54, 1.807) is 0 Å². The standard InChI is InChI=1S/C14H27N3O/c1-11-4-5-12(9-15)13(8-11)17-7-3-6-16(2)14(18)10-17/h11-13H,3-10,15H2,1-2H3. The van der Waals surface area contributed by atoms with Gasteiger partial charge in [-0.05, 0) is 37.6 Å². The third kappa shape index (κ3) is 3.04. The van der Waals surface area contributed by atoms with Crippen LogP contribution in [0.4, 0.5) is 0 Å². The summed E-state index contributed by atoms with van der Waals surface area (Å²) in [4.78, 5) is 16.3. The van der Waals surface area contributed by atoms with Crippen molar-refractivity contribution in [2.75, 3.05) is 33.2 Å². The minimum atomic E-state index is 0.265. The maximum atomic E-state index is 12.0. The Labute approximate surface area is 110 Å². The van der Waals surface area contributed by atoms with Crippen molar-refractivity contribution in [1.29, 1.82) is 0 Å². The fraction of sp³-hybridized carbons (Fsp3) is 0.929. The lowest BCUT2D eigenvalue weighted by molar-refractivity contribution is -0.130. The first-order valence-electron chi connectivity index (χ1n) is 7.30. The van der Waals surface area contributed by atoms with Crippen molar-refractivity contribution in [3.05, 3.63) is 0 Å². The van der Waals surface area contributed by atoms with Crippen molar-refractivity contribution < 1.29 is 4.79 Å². The predicted molar refractivity (Wildman–Crippen MR) is 73.2 cm³/mol. The van der Waals surface area contributed by atoms with Crippen LogP contribution in [0.1, 0.15) is 32.6 Å². The van der Waals surface area contributed by atoms with Crippen LogP contribution >= 0.6 is 0 Å². The Morgan fingerprint density at radius 1 is 1.33 bits per heavy atom. The third-order valence-corrected chi connectivity index (χ3v) is 4.69. The molecule has 18 heavy (non-hydrogen) atoms. The van der Waals surface area contributed by atoms with Crippen LogP contribution in [0, 0.1) is 11.8 Å². The second-order valence-electron chi connectivity index (χ2n) is 6.12. The summed E-state index contributed by atoms with van der Waals surface area (Å²) < 4.78 is 0. The lowest BCUT2D eigenvalue weighted by atomic mass is 9.78. The average molecular weight is 253 g/mol. The number of nitrogens with two attached hydrogens (primary N) is 1. The monoisotopic (exact) mass is 253 g/mol. The van der Waals surface area contributed by atoms with E-state index in [1.165, 1.54) is 19.3 Å². The highest BCUT2D eigenvalue weighted by Gasteiger charge is 2.34. The molecule has 0 radical (unpaired) electrons. The van der Waals surface area contributed by atoms with E-state index in [9.17, 15) is 4.79 Å². The van der Waals surface area contributed by atoms with Crippen LogP contribution < -0.4 is 5.73 Å². The highest BCUT2D eigenvalue weighted by molar-refractivity contribution is 5.78. The van der Waals surface area contributed by atoms with Gasteiger partial charge < -0.3 is 10.6 Å². The van der Waals surface area contributed by atoms with Gasteiger partial charge in [0.05, 0.1) is 6.54 Å². The number of nitrogens with zero attached hydrogens (tertiary/aromatic N) is 2. The van der Waals surface area contributed by atoms with Gasteiger partial charge in [0.1, 0.15) is 0 Å². The zero-order chi connectivity index (χ0) is 13.1. The molecule has 0 aromatic heterocycles. The van der Waals surface area contributed by atoms with E-state index in [2.05, 4.69) is 11.8 Å². The maximum Gasteiger partial charge on any atom is 0.236 e. The molecule has 2 aliphatic rings. The van der Waals surface area contributed by atoms with Crippen LogP contribution in [0.3, 0.4) is 0 Å². The van der Waals surface area contributed by atoms with Crippen LogP contribution in [0.5, 0.6) is 0 Å². The fourth-order valence-corrected chi connectivity index (χ4v) is 3.43.